The highest BCUT2D eigenvalue weighted by molar-refractivity contribution is 5.67. The molecule has 0 radical (unpaired) electrons. The van der Waals surface area contributed by atoms with E-state index in [0.29, 0.717) is 0 Å². The van der Waals surface area contributed by atoms with Crippen molar-refractivity contribution < 1.29 is 19.1 Å². The van der Waals surface area contributed by atoms with Gasteiger partial charge in [-0.25, -0.2) is 0 Å². The van der Waals surface area contributed by atoms with Crippen LogP contribution in [0.5, 0.6) is 0 Å². The zero-order valence-electron chi connectivity index (χ0n) is 11.2. The average Bonchev–Trinajstić information content (AvgIpc) is 2.55. The van der Waals surface area contributed by atoms with Crippen LogP contribution in [0.25, 0.3) is 0 Å². The van der Waals surface area contributed by atoms with Gasteiger partial charge in [0.2, 0.25) is 0 Å². The fourth-order valence-electron chi connectivity index (χ4n) is 3.14. The minimum absolute atomic E-state index is 0.0282. The molecule has 3 atom stereocenters. The van der Waals surface area contributed by atoms with Crippen LogP contribution in [0.15, 0.2) is 11.6 Å². The Hall–Kier alpha value is -1.32. The van der Waals surface area contributed by atoms with Gasteiger partial charge in [0, 0.05) is 19.3 Å². The lowest BCUT2D eigenvalue weighted by Crippen LogP contribution is -2.36. The van der Waals surface area contributed by atoms with Gasteiger partial charge in [-0.3, -0.25) is 9.59 Å². The van der Waals surface area contributed by atoms with Gasteiger partial charge in [0.25, 0.3) is 0 Å². The first-order valence-electron chi connectivity index (χ1n) is 6.47. The van der Waals surface area contributed by atoms with E-state index in [1.165, 1.54) is 19.4 Å². The molecule has 2 rings (SSSR count). The van der Waals surface area contributed by atoms with Crippen molar-refractivity contribution in [2.24, 2.45) is 5.41 Å². The third-order valence-electron chi connectivity index (χ3n) is 4.08. The van der Waals surface area contributed by atoms with Gasteiger partial charge in [-0.2, -0.15) is 0 Å². The second-order valence-electron chi connectivity index (χ2n) is 5.43. The summed E-state index contributed by atoms with van der Waals surface area (Å²) in [5, 5.41) is 0. The zero-order valence-corrected chi connectivity index (χ0v) is 11.2. The molecular weight excluding hydrogens is 232 g/mol. The highest BCUT2D eigenvalue weighted by Gasteiger charge is 2.47. The van der Waals surface area contributed by atoms with Crippen LogP contribution < -0.4 is 0 Å². The lowest BCUT2D eigenvalue weighted by atomic mass is 9.74. The Balaban J connectivity index is 2.13. The Bertz CT molecular complexity index is 399. The van der Waals surface area contributed by atoms with E-state index in [1.54, 1.807) is 0 Å². The molecule has 4 heteroatoms. The summed E-state index contributed by atoms with van der Waals surface area (Å²) in [4.78, 5) is 22.1. The molecular formula is C14H20O4. The van der Waals surface area contributed by atoms with Crippen molar-refractivity contribution >= 4 is 11.9 Å². The van der Waals surface area contributed by atoms with Gasteiger partial charge in [-0.1, -0.05) is 12.5 Å². The van der Waals surface area contributed by atoms with Crippen molar-refractivity contribution in [1.82, 2.24) is 0 Å². The smallest absolute Gasteiger partial charge is 0.303 e. The van der Waals surface area contributed by atoms with Crippen LogP contribution in [0.3, 0.4) is 0 Å². The topological polar surface area (TPSA) is 52.6 Å². The maximum absolute atomic E-state index is 11.1. The molecule has 100 valence electrons. The first-order valence-corrected chi connectivity index (χ1v) is 6.47. The van der Waals surface area contributed by atoms with Crippen molar-refractivity contribution in [3.63, 3.8) is 0 Å². The predicted octanol–water partition coefficient (Wildman–Crippen LogP) is 2.37. The molecule has 0 aromatic carbocycles. The summed E-state index contributed by atoms with van der Waals surface area (Å²) in [7, 11) is 0. The molecule has 0 spiro atoms. The Morgan fingerprint density at radius 1 is 1.22 bits per heavy atom. The monoisotopic (exact) mass is 252 g/mol. The van der Waals surface area contributed by atoms with Crippen molar-refractivity contribution in [2.45, 2.75) is 58.7 Å². The number of esters is 2. The standard InChI is InChI=1S/C14H20O4/c1-9(15)17-12-6-7-14(3)11(8-12)4-5-13(14)18-10(2)16/h8,12-13H,4-7H2,1-3H3/t12?,13-,14-/m0/s1. The Morgan fingerprint density at radius 2 is 1.89 bits per heavy atom. The van der Waals surface area contributed by atoms with Crippen molar-refractivity contribution in [3.8, 4) is 0 Å². The molecule has 1 fully saturated rings. The van der Waals surface area contributed by atoms with Crippen LogP contribution in [-0.4, -0.2) is 24.1 Å². The van der Waals surface area contributed by atoms with Gasteiger partial charge in [-0.05, 0) is 31.8 Å². The molecule has 0 saturated heterocycles. The third kappa shape index (κ3) is 2.42. The van der Waals surface area contributed by atoms with Gasteiger partial charge in [0.15, 0.2) is 0 Å². The lowest BCUT2D eigenvalue weighted by molar-refractivity contribution is -0.151. The van der Waals surface area contributed by atoms with Crippen LogP contribution in [0.2, 0.25) is 0 Å². The maximum Gasteiger partial charge on any atom is 0.303 e. The summed E-state index contributed by atoms with van der Waals surface area (Å²) in [5.41, 5.74) is 1.20. The van der Waals surface area contributed by atoms with E-state index >= 15 is 0 Å². The van der Waals surface area contributed by atoms with E-state index in [0.717, 1.165) is 25.7 Å². The summed E-state index contributed by atoms with van der Waals surface area (Å²) < 4.78 is 10.7. The largest absolute Gasteiger partial charge is 0.462 e. The van der Waals surface area contributed by atoms with Crippen LogP contribution in [-0.2, 0) is 19.1 Å². The molecule has 1 unspecified atom stereocenters. The molecule has 0 heterocycles. The molecule has 0 N–H and O–H groups in total. The van der Waals surface area contributed by atoms with E-state index in [9.17, 15) is 9.59 Å². The number of ether oxygens (including phenoxy) is 2. The third-order valence-corrected chi connectivity index (χ3v) is 4.08. The quantitative estimate of drug-likeness (QED) is 0.559. The second kappa shape index (κ2) is 4.75. The molecule has 0 aromatic heterocycles. The van der Waals surface area contributed by atoms with E-state index in [1.807, 2.05) is 6.08 Å². The van der Waals surface area contributed by atoms with Crippen molar-refractivity contribution in [1.29, 1.82) is 0 Å². The van der Waals surface area contributed by atoms with Gasteiger partial charge in [-0.15, -0.1) is 0 Å². The molecule has 0 aliphatic heterocycles. The van der Waals surface area contributed by atoms with E-state index in [-0.39, 0.29) is 29.6 Å². The SMILES string of the molecule is CC(=O)OC1C=C2CC[C@H](OC(C)=O)[C@@]2(C)CC1. The lowest BCUT2D eigenvalue weighted by Gasteiger charge is -2.37. The van der Waals surface area contributed by atoms with Crippen molar-refractivity contribution in [2.75, 3.05) is 0 Å². The molecule has 0 aromatic rings. The summed E-state index contributed by atoms with van der Waals surface area (Å²) in [6.45, 7) is 5.03. The van der Waals surface area contributed by atoms with E-state index < -0.39 is 0 Å². The molecule has 0 amide bonds. The normalized spacial score (nSPS) is 34.5. The predicted molar refractivity (Wildman–Crippen MR) is 65.8 cm³/mol. The number of carbonyl (C=O) groups excluding carboxylic acids is 2. The number of fused-ring (bicyclic) bond motifs is 1. The number of rotatable bonds is 2. The fourth-order valence-corrected chi connectivity index (χ4v) is 3.14. The number of carbonyl (C=O) groups is 2. The maximum atomic E-state index is 11.1. The zero-order chi connectivity index (χ0) is 13.3. The van der Waals surface area contributed by atoms with Crippen LogP contribution >= 0.6 is 0 Å². The molecule has 1 saturated carbocycles. The second-order valence-corrected chi connectivity index (χ2v) is 5.43. The van der Waals surface area contributed by atoms with Gasteiger partial charge >= 0.3 is 11.9 Å². The molecule has 4 nitrogen and oxygen atoms in total. The number of hydrogen-bond donors (Lipinski definition) is 0. The summed E-state index contributed by atoms with van der Waals surface area (Å²) in [6.07, 6.45) is 5.41. The Morgan fingerprint density at radius 3 is 2.50 bits per heavy atom. The van der Waals surface area contributed by atoms with Gasteiger partial charge in [0.1, 0.15) is 12.2 Å². The molecule has 2 aliphatic carbocycles. The molecule has 0 bridgehead atoms. The molecule has 2 aliphatic rings. The summed E-state index contributed by atoms with van der Waals surface area (Å²) >= 11 is 0. The first-order chi connectivity index (χ1) is 8.41. The van der Waals surface area contributed by atoms with Gasteiger partial charge < -0.3 is 9.47 Å². The molecule has 18 heavy (non-hydrogen) atoms. The highest BCUT2D eigenvalue weighted by atomic mass is 16.5. The van der Waals surface area contributed by atoms with Gasteiger partial charge in [0.05, 0.1) is 0 Å². The first kappa shape index (κ1) is 13.1. The Labute approximate surface area is 107 Å². The minimum Gasteiger partial charge on any atom is -0.462 e. The fraction of sp³-hybridized carbons (Fsp3) is 0.714. The van der Waals surface area contributed by atoms with Crippen LogP contribution in [0, 0.1) is 5.41 Å². The van der Waals surface area contributed by atoms with Crippen molar-refractivity contribution in [3.05, 3.63) is 11.6 Å². The summed E-state index contributed by atoms with van der Waals surface area (Å²) in [6, 6.07) is 0. The average molecular weight is 252 g/mol. The Kier molecular flexibility index (Phi) is 3.46. The summed E-state index contributed by atoms with van der Waals surface area (Å²) in [5.74, 6) is -0.459. The highest BCUT2D eigenvalue weighted by Crippen LogP contribution is 2.50. The van der Waals surface area contributed by atoms with Crippen LogP contribution in [0.4, 0.5) is 0 Å². The minimum atomic E-state index is -0.241. The van der Waals surface area contributed by atoms with E-state index in [4.69, 9.17) is 9.47 Å². The number of hydrogen-bond acceptors (Lipinski definition) is 4. The van der Waals surface area contributed by atoms with Crippen LogP contribution in [0.1, 0.15) is 46.5 Å². The van der Waals surface area contributed by atoms with E-state index in [2.05, 4.69) is 6.92 Å².